The highest BCUT2D eigenvalue weighted by atomic mass is 35.5. The Morgan fingerprint density at radius 2 is 1.67 bits per heavy atom. The summed E-state index contributed by atoms with van der Waals surface area (Å²) in [6.07, 6.45) is 0. The zero-order valence-corrected chi connectivity index (χ0v) is 13.4. The van der Waals surface area contributed by atoms with Gasteiger partial charge in [-0.15, -0.1) is 0 Å². The van der Waals surface area contributed by atoms with Gasteiger partial charge in [-0.3, -0.25) is 0 Å². The van der Waals surface area contributed by atoms with Crippen molar-refractivity contribution in [2.75, 3.05) is 30.8 Å². The molecule has 0 aromatic heterocycles. The van der Waals surface area contributed by atoms with Crippen molar-refractivity contribution in [3.05, 3.63) is 52.5 Å². The van der Waals surface area contributed by atoms with Crippen LogP contribution in [-0.2, 0) is 0 Å². The predicted octanol–water partition coefficient (Wildman–Crippen LogP) is 4.49. The first-order valence-corrected chi connectivity index (χ1v) is 7.37. The van der Waals surface area contributed by atoms with Gasteiger partial charge in [0.1, 0.15) is 5.75 Å². The normalized spacial score (nSPS) is 10.3. The Bertz CT molecular complexity index is 593. The van der Waals surface area contributed by atoms with E-state index in [1.165, 1.54) is 16.8 Å². The molecule has 21 heavy (non-hydrogen) atoms. The third-order valence-electron chi connectivity index (χ3n) is 3.39. The van der Waals surface area contributed by atoms with E-state index < -0.39 is 0 Å². The van der Waals surface area contributed by atoms with E-state index in [0.29, 0.717) is 10.8 Å². The Balaban J connectivity index is 1.86. The molecule has 0 saturated carbocycles. The highest BCUT2D eigenvalue weighted by Crippen LogP contribution is 2.27. The lowest BCUT2D eigenvalue weighted by Crippen LogP contribution is -2.14. The molecule has 3 nitrogen and oxygen atoms in total. The van der Waals surface area contributed by atoms with Crippen LogP contribution < -0.4 is 15.4 Å². The average Bonchev–Trinajstić information content (AvgIpc) is 2.46. The van der Waals surface area contributed by atoms with Gasteiger partial charge in [0.2, 0.25) is 0 Å². The third kappa shape index (κ3) is 4.05. The fourth-order valence-corrected chi connectivity index (χ4v) is 2.52. The number of hydrogen-bond donors (Lipinski definition) is 2. The van der Waals surface area contributed by atoms with Gasteiger partial charge in [0.15, 0.2) is 0 Å². The second kappa shape index (κ2) is 7.23. The number of ether oxygens (including phenoxy) is 1. The number of aryl methyl sites for hydroxylation is 2. The van der Waals surface area contributed by atoms with Crippen LogP contribution in [0.1, 0.15) is 11.1 Å². The van der Waals surface area contributed by atoms with Crippen LogP contribution in [0.15, 0.2) is 36.4 Å². The zero-order chi connectivity index (χ0) is 15.2. The summed E-state index contributed by atoms with van der Waals surface area (Å²) in [5, 5.41) is 7.43. The average molecular weight is 305 g/mol. The van der Waals surface area contributed by atoms with Crippen LogP contribution in [0.3, 0.4) is 0 Å². The van der Waals surface area contributed by atoms with E-state index in [-0.39, 0.29) is 0 Å². The molecule has 2 aromatic rings. The molecular weight excluding hydrogens is 284 g/mol. The highest BCUT2D eigenvalue weighted by Gasteiger charge is 2.02. The van der Waals surface area contributed by atoms with Crippen LogP contribution >= 0.6 is 11.6 Å². The molecule has 0 amide bonds. The molecule has 4 heteroatoms. The number of para-hydroxylation sites is 1. The van der Waals surface area contributed by atoms with E-state index in [1.54, 1.807) is 7.11 Å². The van der Waals surface area contributed by atoms with Crippen molar-refractivity contribution < 1.29 is 4.74 Å². The molecule has 0 aliphatic carbocycles. The van der Waals surface area contributed by atoms with Gasteiger partial charge in [-0.2, -0.15) is 0 Å². The molecule has 0 bridgehead atoms. The Kier molecular flexibility index (Phi) is 5.34. The van der Waals surface area contributed by atoms with E-state index in [9.17, 15) is 0 Å². The number of nitrogens with one attached hydrogen (secondary N) is 2. The SMILES string of the molecule is COc1ccc(NCCNc2c(C)cccc2C)cc1Cl. The van der Waals surface area contributed by atoms with Crippen molar-refractivity contribution in [2.24, 2.45) is 0 Å². The van der Waals surface area contributed by atoms with Gasteiger partial charge in [-0.1, -0.05) is 29.8 Å². The van der Waals surface area contributed by atoms with E-state index in [4.69, 9.17) is 16.3 Å². The Morgan fingerprint density at radius 1 is 1.00 bits per heavy atom. The van der Waals surface area contributed by atoms with E-state index >= 15 is 0 Å². The molecule has 2 N–H and O–H groups in total. The first-order valence-electron chi connectivity index (χ1n) is 6.99. The summed E-state index contributed by atoms with van der Waals surface area (Å²) in [5.41, 5.74) is 4.74. The van der Waals surface area contributed by atoms with Crippen LogP contribution in [0.25, 0.3) is 0 Å². The van der Waals surface area contributed by atoms with Crippen molar-refractivity contribution in [3.8, 4) is 5.75 Å². The number of methoxy groups -OCH3 is 1. The largest absolute Gasteiger partial charge is 0.495 e. The summed E-state index contributed by atoms with van der Waals surface area (Å²) >= 11 is 6.10. The lowest BCUT2D eigenvalue weighted by Gasteiger charge is -2.14. The molecule has 0 unspecified atom stereocenters. The highest BCUT2D eigenvalue weighted by molar-refractivity contribution is 6.32. The molecule has 0 spiro atoms. The lowest BCUT2D eigenvalue weighted by atomic mass is 10.1. The topological polar surface area (TPSA) is 33.3 Å². The molecule has 2 aromatic carbocycles. The molecule has 112 valence electrons. The van der Waals surface area contributed by atoms with Crippen molar-refractivity contribution >= 4 is 23.0 Å². The summed E-state index contributed by atoms with van der Waals surface area (Å²) in [7, 11) is 1.61. The van der Waals surface area contributed by atoms with E-state index in [0.717, 1.165) is 18.8 Å². The molecule has 0 atom stereocenters. The molecule has 0 aliphatic rings. The minimum Gasteiger partial charge on any atom is -0.495 e. The molecular formula is C17H21ClN2O. The zero-order valence-electron chi connectivity index (χ0n) is 12.7. The maximum Gasteiger partial charge on any atom is 0.137 e. The number of anilines is 2. The predicted molar refractivity (Wildman–Crippen MR) is 90.9 cm³/mol. The first kappa shape index (κ1) is 15.5. The molecule has 0 aliphatic heterocycles. The standard InChI is InChI=1S/C17H21ClN2O/c1-12-5-4-6-13(2)17(12)20-10-9-19-14-7-8-16(21-3)15(18)11-14/h4-8,11,19-20H,9-10H2,1-3H3. The van der Waals surface area contributed by atoms with Gasteiger partial charge < -0.3 is 15.4 Å². The quantitative estimate of drug-likeness (QED) is 0.771. The minimum absolute atomic E-state index is 0.616. The summed E-state index contributed by atoms with van der Waals surface area (Å²) in [4.78, 5) is 0. The van der Waals surface area contributed by atoms with Crippen LogP contribution in [0.5, 0.6) is 5.75 Å². The van der Waals surface area contributed by atoms with Crippen LogP contribution in [0.2, 0.25) is 5.02 Å². The Labute approximate surface area is 131 Å². The second-order valence-corrected chi connectivity index (χ2v) is 5.38. The number of hydrogen-bond acceptors (Lipinski definition) is 3. The second-order valence-electron chi connectivity index (χ2n) is 4.97. The molecule has 0 saturated heterocycles. The fourth-order valence-electron chi connectivity index (χ4n) is 2.26. The Hall–Kier alpha value is -1.87. The first-order chi connectivity index (χ1) is 10.1. The van der Waals surface area contributed by atoms with Crippen molar-refractivity contribution in [3.63, 3.8) is 0 Å². The summed E-state index contributed by atoms with van der Waals surface area (Å²) in [5.74, 6) is 0.691. The number of benzene rings is 2. The van der Waals surface area contributed by atoms with Crippen LogP contribution in [0.4, 0.5) is 11.4 Å². The van der Waals surface area contributed by atoms with Gasteiger partial charge in [0, 0.05) is 24.5 Å². The van der Waals surface area contributed by atoms with Gasteiger partial charge in [0.25, 0.3) is 0 Å². The van der Waals surface area contributed by atoms with Gasteiger partial charge in [-0.05, 0) is 43.2 Å². The van der Waals surface area contributed by atoms with Crippen molar-refractivity contribution in [2.45, 2.75) is 13.8 Å². The maximum atomic E-state index is 6.10. The monoisotopic (exact) mass is 304 g/mol. The summed E-state index contributed by atoms with van der Waals surface area (Å²) in [6.45, 7) is 5.89. The fraction of sp³-hybridized carbons (Fsp3) is 0.294. The van der Waals surface area contributed by atoms with Crippen LogP contribution in [-0.4, -0.2) is 20.2 Å². The van der Waals surface area contributed by atoms with Gasteiger partial charge in [0.05, 0.1) is 12.1 Å². The molecule has 0 radical (unpaired) electrons. The third-order valence-corrected chi connectivity index (χ3v) is 3.68. The maximum absolute atomic E-state index is 6.10. The summed E-state index contributed by atoms with van der Waals surface area (Å²) < 4.78 is 5.14. The summed E-state index contributed by atoms with van der Waals surface area (Å²) in [6, 6.07) is 12.0. The van der Waals surface area contributed by atoms with E-state index in [1.807, 2.05) is 18.2 Å². The van der Waals surface area contributed by atoms with Gasteiger partial charge in [-0.25, -0.2) is 0 Å². The smallest absolute Gasteiger partial charge is 0.137 e. The van der Waals surface area contributed by atoms with E-state index in [2.05, 4.69) is 42.7 Å². The van der Waals surface area contributed by atoms with Crippen LogP contribution in [0, 0.1) is 13.8 Å². The van der Waals surface area contributed by atoms with Crippen molar-refractivity contribution in [1.29, 1.82) is 0 Å². The Morgan fingerprint density at radius 3 is 2.29 bits per heavy atom. The minimum atomic E-state index is 0.616. The number of rotatable bonds is 6. The lowest BCUT2D eigenvalue weighted by molar-refractivity contribution is 0.415. The van der Waals surface area contributed by atoms with Gasteiger partial charge >= 0.3 is 0 Å². The van der Waals surface area contributed by atoms with Crippen molar-refractivity contribution in [1.82, 2.24) is 0 Å². The molecule has 2 rings (SSSR count). The molecule has 0 fully saturated rings. The number of halogens is 1. The molecule has 0 heterocycles.